The number of aryl methyl sites for hydroxylation is 2. The monoisotopic (exact) mass is 409 g/mol. The van der Waals surface area contributed by atoms with E-state index in [1.807, 2.05) is 61.5 Å². The molecule has 0 aliphatic rings. The van der Waals surface area contributed by atoms with E-state index in [2.05, 4.69) is 46.3 Å². The van der Waals surface area contributed by atoms with Gasteiger partial charge in [-0.15, -0.1) is 0 Å². The number of nitrogens with one attached hydrogen (secondary N) is 1. The third kappa shape index (κ3) is 5.10. The van der Waals surface area contributed by atoms with E-state index in [0.717, 1.165) is 47.4 Å². The van der Waals surface area contributed by atoms with Crippen LogP contribution in [0.25, 0.3) is 17.1 Å². The zero-order valence-electron chi connectivity index (χ0n) is 17.8. The highest BCUT2D eigenvalue weighted by molar-refractivity contribution is 5.95. The molecular formula is C27H27N3O. The lowest BCUT2D eigenvalue weighted by Gasteiger charge is -2.09. The lowest BCUT2D eigenvalue weighted by atomic mass is 10.1. The number of carbonyl (C=O) groups is 1. The summed E-state index contributed by atoms with van der Waals surface area (Å²) < 4.78 is 2.26. The van der Waals surface area contributed by atoms with Crippen LogP contribution in [0.2, 0.25) is 0 Å². The molecular weight excluding hydrogens is 382 g/mol. The number of nitrogens with zero attached hydrogens (tertiary/aromatic N) is 2. The number of fused-ring (bicyclic) bond motifs is 1. The van der Waals surface area contributed by atoms with E-state index in [9.17, 15) is 4.79 Å². The van der Waals surface area contributed by atoms with Crippen LogP contribution in [0.4, 0.5) is 0 Å². The minimum atomic E-state index is -0.0163. The third-order valence-corrected chi connectivity index (χ3v) is 5.38. The SMILES string of the molecule is Cc1ccccc1C(=O)NCCCc1nc2ccccc2n1C/C=C/c1ccccc1. The zero-order chi connectivity index (χ0) is 21.5. The van der Waals surface area contributed by atoms with E-state index in [1.165, 1.54) is 5.56 Å². The fourth-order valence-corrected chi connectivity index (χ4v) is 3.75. The van der Waals surface area contributed by atoms with Gasteiger partial charge in [0.1, 0.15) is 5.82 Å². The molecule has 1 amide bonds. The Labute approximate surface area is 183 Å². The van der Waals surface area contributed by atoms with Gasteiger partial charge >= 0.3 is 0 Å². The molecule has 1 aromatic heterocycles. The molecule has 0 saturated heterocycles. The van der Waals surface area contributed by atoms with E-state index >= 15 is 0 Å². The molecule has 0 fully saturated rings. The van der Waals surface area contributed by atoms with Crippen molar-refractivity contribution in [1.29, 1.82) is 0 Å². The first-order chi connectivity index (χ1) is 15.2. The molecule has 4 nitrogen and oxygen atoms in total. The average molecular weight is 410 g/mol. The number of benzene rings is 3. The summed E-state index contributed by atoms with van der Waals surface area (Å²) in [6, 6.07) is 26.2. The van der Waals surface area contributed by atoms with Gasteiger partial charge in [-0.3, -0.25) is 4.79 Å². The van der Waals surface area contributed by atoms with Crippen LogP contribution in [-0.2, 0) is 13.0 Å². The van der Waals surface area contributed by atoms with Gasteiger partial charge in [0.2, 0.25) is 0 Å². The second kappa shape index (κ2) is 9.90. The first kappa shape index (κ1) is 20.6. The second-order valence-corrected chi connectivity index (χ2v) is 7.61. The topological polar surface area (TPSA) is 46.9 Å². The van der Waals surface area contributed by atoms with Crippen LogP contribution in [0, 0.1) is 6.92 Å². The molecule has 0 aliphatic heterocycles. The van der Waals surface area contributed by atoms with Crippen LogP contribution < -0.4 is 5.32 Å². The molecule has 0 bridgehead atoms. The van der Waals surface area contributed by atoms with Crippen molar-refractivity contribution in [2.24, 2.45) is 0 Å². The Hall–Kier alpha value is -3.66. The molecule has 4 aromatic rings. The molecule has 1 N–H and O–H groups in total. The van der Waals surface area contributed by atoms with Crippen LogP contribution in [0.1, 0.15) is 33.7 Å². The smallest absolute Gasteiger partial charge is 0.251 e. The lowest BCUT2D eigenvalue weighted by molar-refractivity contribution is 0.0952. The normalized spacial score (nSPS) is 11.3. The Bertz CT molecular complexity index is 1190. The van der Waals surface area contributed by atoms with Crippen molar-refractivity contribution in [2.45, 2.75) is 26.3 Å². The molecule has 31 heavy (non-hydrogen) atoms. The predicted octanol–water partition coefficient (Wildman–Crippen LogP) is 5.42. The summed E-state index contributed by atoms with van der Waals surface area (Å²) in [4.78, 5) is 17.3. The number of imidazole rings is 1. The van der Waals surface area contributed by atoms with Crippen molar-refractivity contribution in [3.8, 4) is 0 Å². The Kier molecular flexibility index (Phi) is 6.58. The van der Waals surface area contributed by atoms with Crippen LogP contribution >= 0.6 is 0 Å². The second-order valence-electron chi connectivity index (χ2n) is 7.61. The first-order valence-corrected chi connectivity index (χ1v) is 10.7. The van der Waals surface area contributed by atoms with Gasteiger partial charge in [-0.25, -0.2) is 4.98 Å². The number of aromatic nitrogens is 2. The van der Waals surface area contributed by atoms with E-state index in [4.69, 9.17) is 4.98 Å². The van der Waals surface area contributed by atoms with Crippen LogP contribution in [0.5, 0.6) is 0 Å². The highest BCUT2D eigenvalue weighted by Crippen LogP contribution is 2.18. The van der Waals surface area contributed by atoms with E-state index in [1.54, 1.807) is 0 Å². The quantitative estimate of drug-likeness (QED) is 0.395. The van der Waals surface area contributed by atoms with Gasteiger partial charge in [-0.2, -0.15) is 0 Å². The maximum Gasteiger partial charge on any atom is 0.251 e. The summed E-state index contributed by atoms with van der Waals surface area (Å²) in [6.45, 7) is 3.34. The molecule has 0 unspecified atom stereocenters. The highest BCUT2D eigenvalue weighted by atomic mass is 16.1. The van der Waals surface area contributed by atoms with Crippen molar-refractivity contribution in [3.05, 3.63) is 107 Å². The number of hydrogen-bond donors (Lipinski definition) is 1. The van der Waals surface area contributed by atoms with Crippen LogP contribution in [0.3, 0.4) is 0 Å². The molecule has 0 spiro atoms. The molecule has 156 valence electrons. The van der Waals surface area contributed by atoms with Crippen molar-refractivity contribution >= 4 is 23.0 Å². The number of para-hydroxylation sites is 2. The molecule has 0 saturated carbocycles. The molecule has 3 aromatic carbocycles. The molecule has 4 rings (SSSR count). The summed E-state index contributed by atoms with van der Waals surface area (Å²) in [7, 11) is 0. The fraction of sp³-hybridized carbons (Fsp3) is 0.185. The van der Waals surface area contributed by atoms with Crippen molar-refractivity contribution in [3.63, 3.8) is 0 Å². The molecule has 0 aliphatic carbocycles. The Morgan fingerprint density at radius 1 is 0.968 bits per heavy atom. The van der Waals surface area contributed by atoms with Crippen molar-refractivity contribution in [1.82, 2.24) is 14.9 Å². The summed E-state index contributed by atoms with van der Waals surface area (Å²) in [5.74, 6) is 1.03. The first-order valence-electron chi connectivity index (χ1n) is 10.7. The summed E-state index contributed by atoms with van der Waals surface area (Å²) in [5.41, 5.74) is 5.06. The summed E-state index contributed by atoms with van der Waals surface area (Å²) >= 11 is 0. The van der Waals surface area contributed by atoms with E-state index in [-0.39, 0.29) is 5.91 Å². The third-order valence-electron chi connectivity index (χ3n) is 5.38. The van der Waals surface area contributed by atoms with Gasteiger partial charge in [0.15, 0.2) is 0 Å². The number of amides is 1. The minimum Gasteiger partial charge on any atom is -0.352 e. The predicted molar refractivity (Wildman–Crippen MR) is 127 cm³/mol. The van der Waals surface area contributed by atoms with Crippen LogP contribution in [-0.4, -0.2) is 22.0 Å². The molecule has 0 atom stereocenters. The van der Waals surface area contributed by atoms with Gasteiger partial charge < -0.3 is 9.88 Å². The number of rotatable bonds is 8. The lowest BCUT2D eigenvalue weighted by Crippen LogP contribution is -2.25. The Morgan fingerprint density at radius 2 is 1.71 bits per heavy atom. The van der Waals surface area contributed by atoms with Gasteiger partial charge in [0.25, 0.3) is 5.91 Å². The zero-order valence-corrected chi connectivity index (χ0v) is 17.8. The minimum absolute atomic E-state index is 0.0163. The standard InChI is InChI=1S/C27H27N3O/c1-21-11-5-6-15-23(21)27(31)28-19-9-18-26-29-24-16-7-8-17-25(24)30(26)20-10-14-22-12-3-2-4-13-22/h2-8,10-17H,9,18-20H2,1H3,(H,28,31)/b14-10+. The van der Waals surface area contributed by atoms with Gasteiger partial charge in [-0.05, 0) is 42.7 Å². The summed E-state index contributed by atoms with van der Waals surface area (Å²) in [5, 5.41) is 3.04. The number of allylic oxidation sites excluding steroid dienone is 1. The molecule has 1 heterocycles. The maximum absolute atomic E-state index is 12.4. The van der Waals surface area contributed by atoms with E-state index in [0.29, 0.717) is 6.54 Å². The van der Waals surface area contributed by atoms with Gasteiger partial charge in [0.05, 0.1) is 11.0 Å². The van der Waals surface area contributed by atoms with Crippen molar-refractivity contribution < 1.29 is 4.79 Å². The van der Waals surface area contributed by atoms with Gasteiger partial charge in [0, 0.05) is 25.1 Å². The van der Waals surface area contributed by atoms with Crippen molar-refractivity contribution in [2.75, 3.05) is 6.54 Å². The average Bonchev–Trinajstić information content (AvgIpc) is 3.15. The highest BCUT2D eigenvalue weighted by Gasteiger charge is 2.10. The summed E-state index contributed by atoms with van der Waals surface area (Å²) in [6.07, 6.45) is 5.96. The van der Waals surface area contributed by atoms with E-state index < -0.39 is 0 Å². The number of carbonyl (C=O) groups excluding carboxylic acids is 1. The largest absolute Gasteiger partial charge is 0.352 e. The van der Waals surface area contributed by atoms with Gasteiger partial charge in [-0.1, -0.05) is 72.8 Å². The molecule has 4 heteroatoms. The Morgan fingerprint density at radius 3 is 2.55 bits per heavy atom. The van der Waals surface area contributed by atoms with Crippen LogP contribution in [0.15, 0.2) is 84.9 Å². The molecule has 0 radical (unpaired) electrons. The fourth-order valence-electron chi connectivity index (χ4n) is 3.75. The Balaban J connectivity index is 1.41. The maximum atomic E-state index is 12.4. The number of hydrogen-bond acceptors (Lipinski definition) is 2.